The molecule has 1 radical (unpaired) electrons. The molecule has 0 aliphatic heterocycles. The average Bonchev–Trinajstić information content (AvgIpc) is 2.54. The first kappa shape index (κ1) is 21.7. The first-order chi connectivity index (χ1) is 10.9. The van der Waals surface area contributed by atoms with E-state index >= 15 is 0 Å². The van der Waals surface area contributed by atoms with Gasteiger partial charge in [0.2, 0.25) is 0 Å². The van der Waals surface area contributed by atoms with Crippen molar-refractivity contribution >= 4 is 0 Å². The highest BCUT2D eigenvalue weighted by molar-refractivity contribution is 4.65. The van der Waals surface area contributed by atoms with E-state index in [9.17, 15) is 0 Å². The zero-order valence-corrected chi connectivity index (χ0v) is 15.4. The molecule has 0 saturated heterocycles. The summed E-state index contributed by atoms with van der Waals surface area (Å²) in [5, 5.41) is 0. The molecule has 0 aromatic rings. The maximum atomic E-state index is 3.90. The van der Waals surface area contributed by atoms with Crippen LogP contribution in [0, 0.1) is 6.92 Å². The Kier molecular flexibility index (Phi) is 20.5. The standard InChI is InChI=1S/C22H43/c1-3-5-7-9-11-13-15-17-19-21-22-20-18-16-14-12-10-8-6-4-2/h3H,1-2,4-22H2. The summed E-state index contributed by atoms with van der Waals surface area (Å²) in [4.78, 5) is 0. The van der Waals surface area contributed by atoms with Gasteiger partial charge in [0, 0.05) is 0 Å². The van der Waals surface area contributed by atoms with Crippen LogP contribution in [0.1, 0.15) is 122 Å². The summed E-state index contributed by atoms with van der Waals surface area (Å²) in [6, 6.07) is 0. The molecule has 0 amide bonds. The first-order valence-corrected chi connectivity index (χ1v) is 10.3. The normalized spacial score (nSPS) is 11.0. The Morgan fingerprint density at radius 1 is 0.409 bits per heavy atom. The lowest BCUT2D eigenvalue weighted by atomic mass is 10.0. The van der Waals surface area contributed by atoms with Crippen LogP contribution < -0.4 is 0 Å². The maximum absolute atomic E-state index is 3.90. The molecule has 0 aliphatic rings. The fourth-order valence-corrected chi connectivity index (χ4v) is 3.12. The predicted octanol–water partition coefficient (Wildman–Crippen LogP) is 8.42. The van der Waals surface area contributed by atoms with Gasteiger partial charge >= 0.3 is 0 Å². The number of unbranched alkanes of at least 4 members (excludes halogenated alkanes) is 18. The van der Waals surface area contributed by atoms with Gasteiger partial charge in [-0.25, -0.2) is 0 Å². The average molecular weight is 308 g/mol. The van der Waals surface area contributed by atoms with E-state index in [4.69, 9.17) is 0 Å². The molecule has 131 valence electrons. The van der Waals surface area contributed by atoms with E-state index < -0.39 is 0 Å². The molecule has 0 fully saturated rings. The number of hydrogen-bond acceptors (Lipinski definition) is 0. The van der Waals surface area contributed by atoms with Gasteiger partial charge in [0.15, 0.2) is 0 Å². The molecule has 0 aromatic heterocycles. The first-order valence-electron chi connectivity index (χ1n) is 10.3. The Morgan fingerprint density at radius 3 is 0.955 bits per heavy atom. The SMILES string of the molecule is [CH2]CCCCCCCCCCCCCCCCCCCC=C. The second-order valence-electron chi connectivity index (χ2n) is 6.94. The third-order valence-corrected chi connectivity index (χ3v) is 4.66. The maximum Gasteiger partial charge on any atom is -0.0353 e. The molecule has 0 aliphatic carbocycles. The molecular formula is C22H43. The second kappa shape index (κ2) is 20.7. The molecule has 0 spiro atoms. The van der Waals surface area contributed by atoms with E-state index in [1.54, 1.807) is 0 Å². The van der Waals surface area contributed by atoms with Gasteiger partial charge < -0.3 is 0 Å². The van der Waals surface area contributed by atoms with Crippen molar-refractivity contribution in [1.82, 2.24) is 0 Å². The van der Waals surface area contributed by atoms with Crippen molar-refractivity contribution in [3.05, 3.63) is 19.6 Å². The highest BCUT2D eigenvalue weighted by Crippen LogP contribution is 2.14. The van der Waals surface area contributed by atoms with Crippen molar-refractivity contribution in [1.29, 1.82) is 0 Å². The lowest BCUT2D eigenvalue weighted by molar-refractivity contribution is 0.526. The van der Waals surface area contributed by atoms with Gasteiger partial charge in [-0.2, -0.15) is 0 Å². The predicted molar refractivity (Wildman–Crippen MR) is 103 cm³/mol. The monoisotopic (exact) mass is 307 g/mol. The highest BCUT2D eigenvalue weighted by atomic mass is 14.0. The quantitative estimate of drug-likeness (QED) is 0.166. The summed E-state index contributed by atoms with van der Waals surface area (Å²) in [5.41, 5.74) is 0. The van der Waals surface area contributed by atoms with Crippen LogP contribution in [0.5, 0.6) is 0 Å². The number of allylic oxidation sites excluding steroid dienone is 1. The van der Waals surface area contributed by atoms with Gasteiger partial charge in [-0.1, -0.05) is 122 Å². The van der Waals surface area contributed by atoms with Crippen molar-refractivity contribution < 1.29 is 0 Å². The van der Waals surface area contributed by atoms with Gasteiger partial charge in [-0.15, -0.1) is 6.58 Å². The Bertz CT molecular complexity index is 194. The van der Waals surface area contributed by atoms with E-state index in [1.807, 2.05) is 6.08 Å². The minimum absolute atomic E-state index is 1.12. The summed E-state index contributed by atoms with van der Waals surface area (Å²) in [6.45, 7) is 7.67. The summed E-state index contributed by atoms with van der Waals surface area (Å²) < 4.78 is 0. The summed E-state index contributed by atoms with van der Waals surface area (Å²) in [5.74, 6) is 0. The number of hydrogen-bond donors (Lipinski definition) is 0. The molecule has 22 heavy (non-hydrogen) atoms. The topological polar surface area (TPSA) is 0 Å². The van der Waals surface area contributed by atoms with E-state index in [1.165, 1.54) is 116 Å². The van der Waals surface area contributed by atoms with Crippen LogP contribution in [0.4, 0.5) is 0 Å². The van der Waals surface area contributed by atoms with Crippen LogP contribution in [-0.4, -0.2) is 0 Å². The van der Waals surface area contributed by atoms with E-state index in [2.05, 4.69) is 13.5 Å². The minimum Gasteiger partial charge on any atom is -0.103 e. The minimum atomic E-state index is 1.12. The second-order valence-corrected chi connectivity index (χ2v) is 6.94. The molecule has 0 unspecified atom stereocenters. The Morgan fingerprint density at radius 2 is 0.682 bits per heavy atom. The van der Waals surface area contributed by atoms with Crippen molar-refractivity contribution in [3.63, 3.8) is 0 Å². The van der Waals surface area contributed by atoms with Crippen LogP contribution in [-0.2, 0) is 0 Å². The zero-order chi connectivity index (χ0) is 16.1. The third-order valence-electron chi connectivity index (χ3n) is 4.66. The highest BCUT2D eigenvalue weighted by Gasteiger charge is 1.94. The molecule has 0 heterocycles. The van der Waals surface area contributed by atoms with E-state index in [0.717, 1.165) is 6.42 Å². The smallest absolute Gasteiger partial charge is 0.0353 e. The van der Waals surface area contributed by atoms with E-state index in [-0.39, 0.29) is 0 Å². The third kappa shape index (κ3) is 19.7. The fourth-order valence-electron chi connectivity index (χ4n) is 3.12. The molecule has 0 rings (SSSR count). The van der Waals surface area contributed by atoms with Gasteiger partial charge in [0.25, 0.3) is 0 Å². The molecule has 0 bridgehead atoms. The van der Waals surface area contributed by atoms with Crippen molar-refractivity contribution in [2.75, 3.05) is 0 Å². The fraction of sp³-hybridized carbons (Fsp3) is 0.864. The van der Waals surface area contributed by atoms with Crippen molar-refractivity contribution in [3.8, 4) is 0 Å². The molecule has 0 heteroatoms. The summed E-state index contributed by atoms with van der Waals surface area (Å²) in [7, 11) is 0. The molecule has 0 N–H and O–H groups in total. The summed E-state index contributed by atoms with van der Waals surface area (Å²) in [6.07, 6.45) is 28.8. The van der Waals surface area contributed by atoms with Gasteiger partial charge in [0.1, 0.15) is 0 Å². The summed E-state index contributed by atoms with van der Waals surface area (Å²) >= 11 is 0. The van der Waals surface area contributed by atoms with Gasteiger partial charge in [-0.05, 0) is 12.8 Å². The van der Waals surface area contributed by atoms with E-state index in [0.29, 0.717) is 0 Å². The molecule has 0 saturated carbocycles. The molecule has 0 aromatic carbocycles. The van der Waals surface area contributed by atoms with Crippen LogP contribution in [0.15, 0.2) is 12.7 Å². The van der Waals surface area contributed by atoms with Crippen LogP contribution in [0.25, 0.3) is 0 Å². The lowest BCUT2D eigenvalue weighted by Crippen LogP contribution is -1.84. The molecule has 0 nitrogen and oxygen atoms in total. The zero-order valence-electron chi connectivity index (χ0n) is 15.4. The van der Waals surface area contributed by atoms with Crippen LogP contribution in [0.2, 0.25) is 0 Å². The van der Waals surface area contributed by atoms with Gasteiger partial charge in [-0.3, -0.25) is 0 Å². The molecule has 0 atom stereocenters. The van der Waals surface area contributed by atoms with Crippen molar-refractivity contribution in [2.24, 2.45) is 0 Å². The largest absolute Gasteiger partial charge is 0.103 e. The van der Waals surface area contributed by atoms with Gasteiger partial charge in [0.05, 0.1) is 0 Å². The van der Waals surface area contributed by atoms with Crippen LogP contribution in [0.3, 0.4) is 0 Å². The van der Waals surface area contributed by atoms with Crippen LogP contribution >= 0.6 is 0 Å². The Labute approximate surface area is 142 Å². The van der Waals surface area contributed by atoms with Crippen molar-refractivity contribution in [2.45, 2.75) is 122 Å². The Balaban J connectivity index is 2.92. The Hall–Kier alpha value is -0.260. The number of rotatable bonds is 19. The molecular weight excluding hydrogens is 264 g/mol. The lowest BCUT2D eigenvalue weighted by Gasteiger charge is -2.03.